The molecule has 1 aromatic rings. The molecule has 0 aromatic heterocycles. The smallest absolute Gasteiger partial charge is 0.118 e. The third kappa shape index (κ3) is 4.14. The summed E-state index contributed by atoms with van der Waals surface area (Å²) in [5, 5.41) is 0.329. The molecule has 3 unspecified atom stereocenters. The van der Waals surface area contributed by atoms with E-state index in [0.717, 1.165) is 24.5 Å². The molecule has 112 valence electrons. The molecule has 0 amide bonds. The predicted molar refractivity (Wildman–Crippen MR) is 85.4 cm³/mol. The van der Waals surface area contributed by atoms with Crippen molar-refractivity contribution in [2.45, 2.75) is 43.6 Å². The lowest BCUT2D eigenvalue weighted by atomic mass is 10.0. The first-order chi connectivity index (χ1) is 9.74. The maximum absolute atomic E-state index is 6.31. The Kier molecular flexibility index (Phi) is 6.20. The second-order valence-electron chi connectivity index (χ2n) is 5.23. The SMILES string of the molecule is CCC(N)C(SCC1CCCO1)c1ccc(OC)cc1. The summed E-state index contributed by atoms with van der Waals surface area (Å²) < 4.78 is 10.9. The Morgan fingerprint density at radius 2 is 2.15 bits per heavy atom. The molecule has 1 aromatic carbocycles. The zero-order chi connectivity index (χ0) is 14.4. The molecule has 0 aliphatic carbocycles. The Labute approximate surface area is 126 Å². The lowest BCUT2D eigenvalue weighted by molar-refractivity contribution is 0.128. The summed E-state index contributed by atoms with van der Waals surface area (Å²) in [6, 6.07) is 8.45. The van der Waals surface area contributed by atoms with Crippen LogP contribution >= 0.6 is 11.8 Å². The van der Waals surface area contributed by atoms with Gasteiger partial charge in [0.05, 0.1) is 13.2 Å². The van der Waals surface area contributed by atoms with Crippen molar-refractivity contribution in [3.05, 3.63) is 29.8 Å². The minimum absolute atomic E-state index is 0.176. The normalized spacial score (nSPS) is 21.6. The van der Waals surface area contributed by atoms with E-state index < -0.39 is 0 Å². The van der Waals surface area contributed by atoms with Gasteiger partial charge < -0.3 is 15.2 Å². The van der Waals surface area contributed by atoms with Crippen LogP contribution in [0, 0.1) is 0 Å². The summed E-state index contributed by atoms with van der Waals surface area (Å²) in [6.07, 6.45) is 3.77. The first-order valence-electron chi connectivity index (χ1n) is 7.37. The summed E-state index contributed by atoms with van der Waals surface area (Å²) in [5.74, 6) is 1.92. The Hall–Kier alpha value is -0.710. The number of methoxy groups -OCH3 is 1. The number of hydrogen-bond donors (Lipinski definition) is 1. The van der Waals surface area contributed by atoms with Crippen molar-refractivity contribution in [2.24, 2.45) is 5.73 Å². The van der Waals surface area contributed by atoms with Gasteiger partial charge in [-0.15, -0.1) is 11.8 Å². The third-order valence-electron chi connectivity index (χ3n) is 3.79. The number of benzene rings is 1. The summed E-state index contributed by atoms with van der Waals surface area (Å²) >= 11 is 1.93. The van der Waals surface area contributed by atoms with Crippen molar-refractivity contribution >= 4 is 11.8 Å². The van der Waals surface area contributed by atoms with Crippen molar-refractivity contribution in [2.75, 3.05) is 19.5 Å². The largest absolute Gasteiger partial charge is 0.497 e. The fourth-order valence-electron chi connectivity index (χ4n) is 2.46. The monoisotopic (exact) mass is 295 g/mol. The highest BCUT2D eigenvalue weighted by Crippen LogP contribution is 2.35. The van der Waals surface area contributed by atoms with Crippen molar-refractivity contribution in [3.8, 4) is 5.75 Å². The second-order valence-corrected chi connectivity index (χ2v) is 6.41. The number of hydrogen-bond acceptors (Lipinski definition) is 4. The van der Waals surface area contributed by atoms with Crippen LogP contribution in [0.25, 0.3) is 0 Å². The van der Waals surface area contributed by atoms with E-state index in [1.165, 1.54) is 18.4 Å². The molecule has 1 aliphatic rings. The zero-order valence-corrected chi connectivity index (χ0v) is 13.2. The molecule has 0 spiro atoms. The van der Waals surface area contributed by atoms with Crippen LogP contribution in [0.4, 0.5) is 0 Å². The third-order valence-corrected chi connectivity index (χ3v) is 5.34. The second kappa shape index (κ2) is 7.91. The Morgan fingerprint density at radius 3 is 2.70 bits per heavy atom. The number of ether oxygens (including phenoxy) is 2. The highest BCUT2D eigenvalue weighted by Gasteiger charge is 2.23. The van der Waals surface area contributed by atoms with Gasteiger partial charge in [-0.1, -0.05) is 19.1 Å². The molecular weight excluding hydrogens is 270 g/mol. The van der Waals surface area contributed by atoms with E-state index in [0.29, 0.717) is 11.4 Å². The molecule has 20 heavy (non-hydrogen) atoms. The van der Waals surface area contributed by atoms with Crippen LogP contribution in [0.5, 0.6) is 5.75 Å². The molecule has 1 heterocycles. The van der Waals surface area contributed by atoms with Crippen LogP contribution in [0.15, 0.2) is 24.3 Å². The highest BCUT2D eigenvalue weighted by atomic mass is 32.2. The average molecular weight is 295 g/mol. The first-order valence-corrected chi connectivity index (χ1v) is 8.42. The van der Waals surface area contributed by atoms with Gasteiger partial charge in [0.25, 0.3) is 0 Å². The van der Waals surface area contributed by atoms with Crippen LogP contribution in [0.1, 0.15) is 37.0 Å². The first kappa shape index (κ1) is 15.7. The van der Waals surface area contributed by atoms with Gasteiger partial charge >= 0.3 is 0 Å². The van der Waals surface area contributed by atoms with Crippen LogP contribution in [0.3, 0.4) is 0 Å². The zero-order valence-electron chi connectivity index (χ0n) is 12.4. The highest BCUT2D eigenvalue weighted by molar-refractivity contribution is 7.99. The number of rotatable bonds is 7. The van der Waals surface area contributed by atoms with Gasteiger partial charge in [-0.2, -0.15) is 0 Å². The van der Waals surface area contributed by atoms with Gasteiger partial charge in [0.2, 0.25) is 0 Å². The summed E-state index contributed by atoms with van der Waals surface area (Å²) in [4.78, 5) is 0. The van der Waals surface area contributed by atoms with E-state index in [1.54, 1.807) is 7.11 Å². The lowest BCUT2D eigenvalue weighted by Gasteiger charge is -2.24. The predicted octanol–water partition coefficient (Wildman–Crippen LogP) is 3.39. The van der Waals surface area contributed by atoms with E-state index in [1.807, 2.05) is 23.9 Å². The molecule has 0 saturated carbocycles. The van der Waals surface area contributed by atoms with Gasteiger partial charge in [0, 0.05) is 23.7 Å². The molecule has 1 fully saturated rings. The molecule has 3 nitrogen and oxygen atoms in total. The van der Waals surface area contributed by atoms with Gasteiger partial charge in [-0.25, -0.2) is 0 Å². The van der Waals surface area contributed by atoms with Gasteiger partial charge in [0.1, 0.15) is 5.75 Å². The molecule has 3 atom stereocenters. The van der Waals surface area contributed by atoms with Crippen molar-refractivity contribution in [1.82, 2.24) is 0 Å². The standard InChI is InChI=1S/C16H25NO2S/c1-3-15(17)16(20-11-14-5-4-10-19-14)12-6-8-13(18-2)9-7-12/h6-9,14-16H,3-5,10-11,17H2,1-2H3. The maximum Gasteiger partial charge on any atom is 0.118 e. The minimum Gasteiger partial charge on any atom is -0.497 e. The van der Waals surface area contributed by atoms with Crippen molar-refractivity contribution in [3.63, 3.8) is 0 Å². The fraction of sp³-hybridized carbons (Fsp3) is 0.625. The van der Waals surface area contributed by atoms with E-state index in [-0.39, 0.29) is 6.04 Å². The summed E-state index contributed by atoms with van der Waals surface area (Å²) in [5.41, 5.74) is 7.59. The van der Waals surface area contributed by atoms with Crippen molar-refractivity contribution in [1.29, 1.82) is 0 Å². The van der Waals surface area contributed by atoms with Gasteiger partial charge in [0.15, 0.2) is 0 Å². The quantitative estimate of drug-likeness (QED) is 0.837. The van der Waals surface area contributed by atoms with Gasteiger partial charge in [-0.05, 0) is 37.0 Å². The molecule has 4 heteroatoms. The Balaban J connectivity index is 2.01. The molecule has 0 bridgehead atoms. The van der Waals surface area contributed by atoms with Crippen LogP contribution in [0.2, 0.25) is 0 Å². The molecule has 0 radical (unpaired) electrons. The summed E-state index contributed by atoms with van der Waals surface area (Å²) in [6.45, 7) is 3.06. The van der Waals surface area contributed by atoms with E-state index in [9.17, 15) is 0 Å². The Morgan fingerprint density at radius 1 is 1.40 bits per heavy atom. The fourth-order valence-corrected chi connectivity index (χ4v) is 3.94. The number of thioether (sulfide) groups is 1. The van der Waals surface area contributed by atoms with Crippen LogP contribution in [-0.2, 0) is 4.74 Å². The summed E-state index contributed by atoms with van der Waals surface area (Å²) in [7, 11) is 1.69. The Bertz CT molecular complexity index is 390. The van der Waals surface area contributed by atoms with Crippen molar-refractivity contribution < 1.29 is 9.47 Å². The maximum atomic E-state index is 6.31. The van der Waals surface area contributed by atoms with E-state index in [4.69, 9.17) is 15.2 Å². The molecule has 2 N–H and O–H groups in total. The van der Waals surface area contributed by atoms with E-state index >= 15 is 0 Å². The van der Waals surface area contributed by atoms with Gasteiger partial charge in [-0.3, -0.25) is 0 Å². The lowest BCUT2D eigenvalue weighted by Crippen LogP contribution is -2.27. The number of nitrogens with two attached hydrogens (primary N) is 1. The van der Waals surface area contributed by atoms with Crippen LogP contribution in [-0.4, -0.2) is 31.6 Å². The average Bonchev–Trinajstić information content (AvgIpc) is 3.01. The van der Waals surface area contributed by atoms with Crippen LogP contribution < -0.4 is 10.5 Å². The topological polar surface area (TPSA) is 44.5 Å². The molecule has 1 aliphatic heterocycles. The van der Waals surface area contributed by atoms with E-state index in [2.05, 4.69) is 19.1 Å². The molecule has 2 rings (SSSR count). The molecular formula is C16H25NO2S. The minimum atomic E-state index is 0.176. The molecule has 1 saturated heterocycles.